The molecule has 0 bridgehead atoms. The molecule has 0 aliphatic heterocycles. The summed E-state index contributed by atoms with van der Waals surface area (Å²) in [6.07, 6.45) is 1.60. The second-order valence-corrected chi connectivity index (χ2v) is 5.72. The molecule has 3 rings (SSSR count). The summed E-state index contributed by atoms with van der Waals surface area (Å²) in [4.78, 5) is 12.4. The standard InChI is InChI=1S/C19H17F2N3O2/c1-13-3-2-4-14(11-13)12-24-17(9-10-22-24)23-18(25)15-5-7-16(8-6-15)26-19(20)21/h2-11,19H,12H2,1H3,(H,23,25). The molecule has 0 atom stereocenters. The number of benzene rings is 2. The Kier molecular flexibility index (Phi) is 5.26. The molecule has 26 heavy (non-hydrogen) atoms. The van der Waals surface area contributed by atoms with Crippen LogP contribution in [0.4, 0.5) is 14.6 Å². The van der Waals surface area contributed by atoms with Crippen LogP contribution < -0.4 is 10.1 Å². The van der Waals surface area contributed by atoms with Gasteiger partial charge in [-0.05, 0) is 36.8 Å². The number of hydrogen-bond donors (Lipinski definition) is 1. The van der Waals surface area contributed by atoms with Crippen LogP contribution in [0.25, 0.3) is 0 Å². The number of aromatic nitrogens is 2. The van der Waals surface area contributed by atoms with Crippen LogP contribution in [-0.2, 0) is 6.54 Å². The Morgan fingerprint density at radius 1 is 1.19 bits per heavy atom. The van der Waals surface area contributed by atoms with E-state index in [0.29, 0.717) is 17.9 Å². The van der Waals surface area contributed by atoms with Crippen molar-refractivity contribution >= 4 is 11.7 Å². The molecule has 5 nitrogen and oxygen atoms in total. The van der Waals surface area contributed by atoms with Crippen molar-refractivity contribution in [2.45, 2.75) is 20.1 Å². The lowest BCUT2D eigenvalue weighted by Crippen LogP contribution is -2.16. The number of ether oxygens (including phenoxy) is 1. The second kappa shape index (κ2) is 7.77. The zero-order valence-corrected chi connectivity index (χ0v) is 14.0. The maximum atomic E-state index is 12.4. The third-order valence-corrected chi connectivity index (χ3v) is 3.71. The van der Waals surface area contributed by atoms with Crippen LogP contribution in [0, 0.1) is 6.92 Å². The lowest BCUT2D eigenvalue weighted by Gasteiger charge is -2.10. The number of carbonyl (C=O) groups excluding carboxylic acids is 1. The molecule has 0 fully saturated rings. The number of alkyl halides is 2. The van der Waals surface area contributed by atoms with Crippen LogP contribution >= 0.6 is 0 Å². The predicted molar refractivity (Wildman–Crippen MR) is 93.5 cm³/mol. The van der Waals surface area contributed by atoms with Gasteiger partial charge in [0.25, 0.3) is 5.91 Å². The fraction of sp³-hybridized carbons (Fsp3) is 0.158. The Bertz CT molecular complexity index is 892. The summed E-state index contributed by atoms with van der Waals surface area (Å²) >= 11 is 0. The van der Waals surface area contributed by atoms with E-state index in [1.165, 1.54) is 24.3 Å². The van der Waals surface area contributed by atoms with Crippen molar-refractivity contribution in [1.29, 1.82) is 0 Å². The van der Waals surface area contributed by atoms with Gasteiger partial charge in [-0.2, -0.15) is 13.9 Å². The molecule has 2 aromatic carbocycles. The SMILES string of the molecule is Cc1cccc(Cn2nccc2NC(=O)c2ccc(OC(F)F)cc2)c1. The van der Waals surface area contributed by atoms with Gasteiger partial charge in [0.2, 0.25) is 0 Å². The number of carbonyl (C=O) groups is 1. The molecule has 0 saturated heterocycles. The van der Waals surface area contributed by atoms with E-state index in [2.05, 4.69) is 21.2 Å². The summed E-state index contributed by atoms with van der Waals surface area (Å²) in [5, 5.41) is 7.01. The molecule has 1 heterocycles. The zero-order chi connectivity index (χ0) is 18.5. The van der Waals surface area contributed by atoms with Crippen LogP contribution in [0.2, 0.25) is 0 Å². The lowest BCUT2D eigenvalue weighted by molar-refractivity contribution is -0.0498. The van der Waals surface area contributed by atoms with Crippen molar-refractivity contribution in [3.8, 4) is 5.75 Å². The molecule has 1 aromatic heterocycles. The highest BCUT2D eigenvalue weighted by Gasteiger charge is 2.11. The van der Waals surface area contributed by atoms with E-state index in [4.69, 9.17) is 0 Å². The van der Waals surface area contributed by atoms with Crippen LogP contribution in [0.1, 0.15) is 21.5 Å². The van der Waals surface area contributed by atoms with Crippen molar-refractivity contribution in [1.82, 2.24) is 9.78 Å². The van der Waals surface area contributed by atoms with Crippen LogP contribution in [0.15, 0.2) is 60.8 Å². The van der Waals surface area contributed by atoms with Crippen molar-refractivity contribution in [2.24, 2.45) is 0 Å². The minimum atomic E-state index is -2.90. The van der Waals surface area contributed by atoms with Gasteiger partial charge in [0.1, 0.15) is 11.6 Å². The predicted octanol–water partition coefficient (Wildman–Crippen LogP) is 4.09. The normalized spacial score (nSPS) is 10.8. The van der Waals surface area contributed by atoms with Gasteiger partial charge in [-0.25, -0.2) is 4.68 Å². The average Bonchev–Trinajstić information content (AvgIpc) is 3.01. The molecular weight excluding hydrogens is 340 g/mol. The van der Waals surface area contributed by atoms with E-state index in [1.807, 2.05) is 25.1 Å². The average molecular weight is 357 g/mol. The molecule has 134 valence electrons. The number of halogens is 2. The van der Waals surface area contributed by atoms with Gasteiger partial charge in [0.05, 0.1) is 12.7 Å². The first kappa shape index (κ1) is 17.6. The number of aryl methyl sites for hydroxylation is 1. The molecule has 0 aliphatic carbocycles. The van der Waals surface area contributed by atoms with Gasteiger partial charge in [-0.15, -0.1) is 0 Å². The Labute approximate surface area is 149 Å². The van der Waals surface area contributed by atoms with E-state index in [9.17, 15) is 13.6 Å². The van der Waals surface area contributed by atoms with E-state index < -0.39 is 6.61 Å². The maximum absolute atomic E-state index is 12.4. The van der Waals surface area contributed by atoms with E-state index in [0.717, 1.165) is 11.1 Å². The number of nitrogens with zero attached hydrogens (tertiary/aromatic N) is 2. The van der Waals surface area contributed by atoms with Gasteiger partial charge in [0, 0.05) is 11.6 Å². The molecule has 0 aliphatic rings. The van der Waals surface area contributed by atoms with Crippen LogP contribution in [0.3, 0.4) is 0 Å². The quantitative estimate of drug-likeness (QED) is 0.723. The Morgan fingerprint density at radius 2 is 1.96 bits per heavy atom. The minimum absolute atomic E-state index is 0.000962. The van der Waals surface area contributed by atoms with Gasteiger partial charge in [-0.3, -0.25) is 4.79 Å². The van der Waals surface area contributed by atoms with Crippen molar-refractivity contribution in [3.05, 3.63) is 77.5 Å². The largest absolute Gasteiger partial charge is 0.435 e. The molecule has 0 unspecified atom stereocenters. The summed E-state index contributed by atoms with van der Waals surface area (Å²) in [6.45, 7) is -0.368. The summed E-state index contributed by atoms with van der Waals surface area (Å²) in [5.41, 5.74) is 2.54. The minimum Gasteiger partial charge on any atom is -0.435 e. The monoisotopic (exact) mass is 357 g/mol. The molecule has 7 heteroatoms. The smallest absolute Gasteiger partial charge is 0.387 e. The van der Waals surface area contributed by atoms with Crippen molar-refractivity contribution in [3.63, 3.8) is 0 Å². The number of anilines is 1. The molecule has 1 amide bonds. The molecule has 0 saturated carbocycles. The zero-order valence-electron chi connectivity index (χ0n) is 14.0. The summed E-state index contributed by atoms with van der Waals surface area (Å²) < 4.78 is 30.3. The van der Waals surface area contributed by atoms with Crippen LogP contribution in [-0.4, -0.2) is 22.3 Å². The Balaban J connectivity index is 1.69. The highest BCUT2D eigenvalue weighted by molar-refractivity contribution is 6.03. The highest BCUT2D eigenvalue weighted by Crippen LogP contribution is 2.17. The van der Waals surface area contributed by atoms with Gasteiger partial charge in [-0.1, -0.05) is 29.8 Å². The van der Waals surface area contributed by atoms with Gasteiger partial charge in [0.15, 0.2) is 0 Å². The summed E-state index contributed by atoms with van der Waals surface area (Å²) in [5.74, 6) is 0.185. The van der Waals surface area contributed by atoms with Gasteiger partial charge >= 0.3 is 6.61 Å². The van der Waals surface area contributed by atoms with Crippen molar-refractivity contribution < 1.29 is 18.3 Å². The topological polar surface area (TPSA) is 56.2 Å². The van der Waals surface area contributed by atoms with E-state index in [1.54, 1.807) is 16.9 Å². The number of hydrogen-bond acceptors (Lipinski definition) is 3. The first-order valence-corrected chi connectivity index (χ1v) is 7.95. The lowest BCUT2D eigenvalue weighted by atomic mass is 10.1. The number of rotatable bonds is 6. The Hall–Kier alpha value is -3.22. The first-order valence-electron chi connectivity index (χ1n) is 7.95. The maximum Gasteiger partial charge on any atom is 0.387 e. The van der Waals surface area contributed by atoms with E-state index >= 15 is 0 Å². The summed E-state index contributed by atoms with van der Waals surface area (Å²) in [6, 6.07) is 15.2. The fourth-order valence-electron chi connectivity index (χ4n) is 2.52. The number of amides is 1. The van der Waals surface area contributed by atoms with E-state index in [-0.39, 0.29) is 11.7 Å². The molecule has 0 spiro atoms. The third-order valence-electron chi connectivity index (χ3n) is 3.71. The molecule has 0 radical (unpaired) electrons. The molecular formula is C19H17F2N3O2. The third kappa shape index (κ3) is 4.44. The Morgan fingerprint density at radius 3 is 2.65 bits per heavy atom. The van der Waals surface area contributed by atoms with Crippen molar-refractivity contribution in [2.75, 3.05) is 5.32 Å². The van der Waals surface area contributed by atoms with Gasteiger partial charge < -0.3 is 10.1 Å². The highest BCUT2D eigenvalue weighted by atomic mass is 19.3. The first-order chi connectivity index (χ1) is 12.5. The molecule has 1 N–H and O–H groups in total. The second-order valence-electron chi connectivity index (χ2n) is 5.72. The fourth-order valence-corrected chi connectivity index (χ4v) is 2.52. The van der Waals surface area contributed by atoms with Crippen LogP contribution in [0.5, 0.6) is 5.75 Å². The number of nitrogens with one attached hydrogen (secondary N) is 1. The molecule has 3 aromatic rings. The summed E-state index contributed by atoms with van der Waals surface area (Å²) in [7, 11) is 0.